The van der Waals surface area contributed by atoms with E-state index < -0.39 is 12.0 Å². The molecule has 11 heteroatoms. The van der Waals surface area contributed by atoms with Crippen LogP contribution in [0.25, 0.3) is 6.08 Å². The van der Waals surface area contributed by atoms with Gasteiger partial charge in [-0.3, -0.25) is 9.36 Å². The Kier molecular flexibility index (Phi) is 11.3. The first-order valence-electron chi connectivity index (χ1n) is 15.7. The molecule has 9 nitrogen and oxygen atoms in total. The summed E-state index contributed by atoms with van der Waals surface area (Å²) in [5.41, 5.74) is 4.16. The van der Waals surface area contributed by atoms with Crippen molar-refractivity contribution in [3.8, 4) is 23.0 Å². The molecule has 48 heavy (non-hydrogen) atoms. The quantitative estimate of drug-likeness (QED) is 0.120. The van der Waals surface area contributed by atoms with Gasteiger partial charge in [0, 0.05) is 0 Å². The number of hydrogen-bond donors (Lipinski definition) is 0. The number of methoxy groups -OCH3 is 1. The van der Waals surface area contributed by atoms with E-state index in [0.29, 0.717) is 62.4 Å². The molecule has 0 unspecified atom stereocenters. The minimum absolute atomic E-state index is 0.0697. The van der Waals surface area contributed by atoms with E-state index in [1.807, 2.05) is 57.2 Å². The summed E-state index contributed by atoms with van der Waals surface area (Å²) in [4.78, 5) is 32.8. The number of rotatable bonds is 12. The third-order valence-electron chi connectivity index (χ3n) is 7.52. The van der Waals surface area contributed by atoms with E-state index in [9.17, 15) is 9.59 Å². The van der Waals surface area contributed by atoms with E-state index in [1.165, 1.54) is 16.9 Å². The molecule has 252 valence electrons. The van der Waals surface area contributed by atoms with Crippen molar-refractivity contribution in [1.29, 1.82) is 0 Å². The Balaban J connectivity index is 1.60. The Hall–Kier alpha value is -4.10. The number of halogens is 1. The molecule has 0 aliphatic carbocycles. The van der Waals surface area contributed by atoms with Gasteiger partial charge in [-0.2, -0.15) is 0 Å². The van der Waals surface area contributed by atoms with Crippen LogP contribution in [0.5, 0.6) is 23.0 Å². The van der Waals surface area contributed by atoms with Gasteiger partial charge in [-0.25, -0.2) is 9.79 Å². The minimum Gasteiger partial charge on any atom is -0.493 e. The molecule has 0 fully saturated rings. The first-order chi connectivity index (χ1) is 23.0. The third kappa shape index (κ3) is 7.62. The van der Waals surface area contributed by atoms with Gasteiger partial charge in [-0.15, -0.1) is 0 Å². The normalized spacial score (nSPS) is 14.4. The van der Waals surface area contributed by atoms with E-state index in [1.54, 1.807) is 37.7 Å². The highest BCUT2D eigenvalue weighted by Crippen LogP contribution is 2.37. The van der Waals surface area contributed by atoms with Crippen LogP contribution in [0, 0.1) is 10.5 Å². The van der Waals surface area contributed by atoms with Crippen molar-refractivity contribution < 1.29 is 28.5 Å². The summed E-state index contributed by atoms with van der Waals surface area (Å²) in [6.45, 7) is 12.4. The number of thiazole rings is 1. The maximum absolute atomic E-state index is 14.2. The maximum atomic E-state index is 14.2. The molecule has 1 aliphatic heterocycles. The summed E-state index contributed by atoms with van der Waals surface area (Å²) < 4.78 is 32.1. The number of aromatic nitrogens is 1. The fourth-order valence-corrected chi connectivity index (χ4v) is 7.21. The first-order valence-corrected chi connectivity index (χ1v) is 17.6. The van der Waals surface area contributed by atoms with Gasteiger partial charge in [-0.05, 0) is 111 Å². The topological polar surface area (TPSA) is 97.6 Å². The average Bonchev–Trinajstić information content (AvgIpc) is 3.34. The number of hydrogen-bond acceptors (Lipinski definition) is 9. The zero-order chi connectivity index (χ0) is 34.5. The Morgan fingerprint density at radius 2 is 1.75 bits per heavy atom. The Bertz CT molecular complexity index is 2030. The molecule has 0 N–H and O–H groups in total. The lowest BCUT2D eigenvalue weighted by molar-refractivity contribution is -0.139. The average molecular weight is 783 g/mol. The zero-order valence-corrected chi connectivity index (χ0v) is 31.1. The molecule has 2 heterocycles. The van der Waals surface area contributed by atoms with Crippen molar-refractivity contribution in [2.75, 3.05) is 20.3 Å². The predicted octanol–water partition coefficient (Wildman–Crippen LogP) is 6.48. The molecule has 1 aromatic heterocycles. The van der Waals surface area contributed by atoms with Gasteiger partial charge in [0.1, 0.15) is 6.61 Å². The second-order valence-electron chi connectivity index (χ2n) is 11.4. The summed E-state index contributed by atoms with van der Waals surface area (Å²) in [6, 6.07) is 16.7. The SMILES string of the molecule is CCOC(=O)C1=C(C)N=c2s/c(=C\c3cc(I)c(OCc4ccc(C)cc4)c(OCC)c3)c(=O)n2[C@H]1c1ccc(OC(C)C)c(OC)c1. The highest BCUT2D eigenvalue weighted by molar-refractivity contribution is 14.1. The Labute approximate surface area is 297 Å². The van der Waals surface area contributed by atoms with Gasteiger partial charge in [0.15, 0.2) is 27.8 Å². The van der Waals surface area contributed by atoms with E-state index in [0.717, 1.165) is 14.7 Å². The lowest BCUT2D eigenvalue weighted by atomic mass is 9.95. The maximum Gasteiger partial charge on any atom is 0.338 e. The lowest BCUT2D eigenvalue weighted by Gasteiger charge is -2.25. The molecule has 3 aromatic carbocycles. The summed E-state index contributed by atoms with van der Waals surface area (Å²) >= 11 is 3.49. The molecule has 4 aromatic rings. The molecule has 0 spiro atoms. The molecule has 0 amide bonds. The second kappa shape index (κ2) is 15.4. The fraction of sp³-hybridized carbons (Fsp3) is 0.324. The summed E-state index contributed by atoms with van der Waals surface area (Å²) in [5, 5.41) is 0. The number of aryl methyl sites for hydroxylation is 1. The number of ether oxygens (including phenoxy) is 5. The third-order valence-corrected chi connectivity index (χ3v) is 9.30. The largest absolute Gasteiger partial charge is 0.493 e. The number of benzene rings is 3. The van der Waals surface area contributed by atoms with E-state index in [-0.39, 0.29) is 18.3 Å². The first kappa shape index (κ1) is 35.2. The van der Waals surface area contributed by atoms with Crippen LogP contribution < -0.4 is 33.8 Å². The number of fused-ring (bicyclic) bond motifs is 1. The van der Waals surface area contributed by atoms with Crippen molar-refractivity contribution in [2.45, 2.75) is 60.3 Å². The standard InChI is InChI=1S/C37H39IN2O7S/c1-8-44-30-17-25(16-27(38)34(30)46-20-24-12-10-22(5)11-13-24)18-31-35(41)40-33(26-14-15-28(47-21(3)4)29(19-26)43-7)32(36(42)45-9-2)23(6)39-37(40)48-31/h10-19,21,33H,8-9,20H2,1-7H3/b31-18-/t33-/m0/s1. The summed E-state index contributed by atoms with van der Waals surface area (Å²) in [7, 11) is 1.56. The Morgan fingerprint density at radius 1 is 1.00 bits per heavy atom. The molecule has 0 saturated heterocycles. The van der Waals surface area contributed by atoms with Crippen molar-refractivity contribution in [3.63, 3.8) is 0 Å². The van der Waals surface area contributed by atoms with E-state index in [4.69, 9.17) is 28.7 Å². The van der Waals surface area contributed by atoms with Crippen LogP contribution in [0.4, 0.5) is 0 Å². The highest BCUT2D eigenvalue weighted by atomic mass is 127. The second-order valence-corrected chi connectivity index (χ2v) is 13.6. The van der Waals surface area contributed by atoms with Crippen LogP contribution in [0.3, 0.4) is 0 Å². The molecule has 5 rings (SSSR count). The zero-order valence-electron chi connectivity index (χ0n) is 28.1. The van der Waals surface area contributed by atoms with Gasteiger partial charge in [0.25, 0.3) is 5.56 Å². The van der Waals surface area contributed by atoms with Crippen LogP contribution in [-0.4, -0.2) is 37.0 Å². The number of esters is 1. The van der Waals surface area contributed by atoms with Crippen molar-refractivity contribution in [1.82, 2.24) is 4.57 Å². The van der Waals surface area contributed by atoms with Crippen LogP contribution in [0.15, 0.2) is 75.7 Å². The number of carbonyl (C=O) groups is 1. The minimum atomic E-state index is -0.791. The Morgan fingerprint density at radius 3 is 2.42 bits per heavy atom. The van der Waals surface area contributed by atoms with Gasteiger partial charge >= 0.3 is 5.97 Å². The van der Waals surface area contributed by atoms with E-state index in [2.05, 4.69) is 41.6 Å². The van der Waals surface area contributed by atoms with Crippen LogP contribution in [-0.2, 0) is 16.1 Å². The van der Waals surface area contributed by atoms with Crippen molar-refractivity contribution in [2.24, 2.45) is 4.99 Å². The van der Waals surface area contributed by atoms with Gasteiger partial charge < -0.3 is 23.7 Å². The van der Waals surface area contributed by atoms with E-state index >= 15 is 0 Å². The summed E-state index contributed by atoms with van der Waals surface area (Å²) in [5.74, 6) is 1.75. The van der Waals surface area contributed by atoms with Gasteiger partial charge in [-0.1, -0.05) is 47.2 Å². The number of allylic oxidation sites excluding steroid dienone is 1. The monoisotopic (exact) mass is 782 g/mol. The van der Waals surface area contributed by atoms with Crippen LogP contribution in [0.1, 0.15) is 62.9 Å². The molecular formula is C37H39IN2O7S. The van der Waals surface area contributed by atoms with Gasteiger partial charge in [0.2, 0.25) is 0 Å². The lowest BCUT2D eigenvalue weighted by Crippen LogP contribution is -2.40. The van der Waals surface area contributed by atoms with Crippen molar-refractivity contribution >= 4 is 46.0 Å². The molecule has 1 atom stereocenters. The predicted molar refractivity (Wildman–Crippen MR) is 195 cm³/mol. The smallest absolute Gasteiger partial charge is 0.338 e. The molecule has 0 bridgehead atoms. The molecule has 1 aliphatic rings. The summed E-state index contributed by atoms with van der Waals surface area (Å²) in [6.07, 6.45) is 1.75. The molecular weight excluding hydrogens is 743 g/mol. The highest BCUT2D eigenvalue weighted by Gasteiger charge is 2.34. The van der Waals surface area contributed by atoms with Crippen LogP contribution >= 0.6 is 33.9 Å². The van der Waals surface area contributed by atoms with Gasteiger partial charge in [0.05, 0.1) is 51.8 Å². The van der Waals surface area contributed by atoms with Crippen molar-refractivity contribution in [3.05, 3.63) is 111 Å². The fourth-order valence-electron chi connectivity index (χ4n) is 5.38. The van der Waals surface area contributed by atoms with Crippen LogP contribution in [0.2, 0.25) is 0 Å². The number of nitrogens with zero attached hydrogens (tertiary/aromatic N) is 2. The molecule has 0 saturated carbocycles. The number of carbonyl (C=O) groups excluding carboxylic acids is 1. The molecule has 0 radical (unpaired) electrons.